The number of likely N-dealkylation sites (tertiary alicyclic amines) is 1. The molecular weight excluding hydrogens is 191 g/mol. The maximum absolute atomic E-state index is 11.3. The van der Waals surface area contributed by atoms with Gasteiger partial charge in [-0.25, -0.2) is 0 Å². The molecule has 3 unspecified atom stereocenters. The number of nitrogens with zero attached hydrogens (tertiary/aromatic N) is 1. The van der Waals surface area contributed by atoms with Gasteiger partial charge in [0.1, 0.15) is 6.23 Å². The van der Waals surface area contributed by atoms with Gasteiger partial charge in [0.25, 0.3) is 0 Å². The van der Waals surface area contributed by atoms with Gasteiger partial charge in [0.2, 0.25) is 11.8 Å². The number of rotatable bonds is 3. The van der Waals surface area contributed by atoms with Crippen LogP contribution in [-0.2, 0) is 9.59 Å². The zero-order valence-electron chi connectivity index (χ0n) is 7.14. The van der Waals surface area contributed by atoms with Gasteiger partial charge in [-0.1, -0.05) is 0 Å². The molecule has 1 fully saturated rings. The zero-order chi connectivity index (χ0) is 10.0. The lowest BCUT2D eigenvalue weighted by Crippen LogP contribution is -2.36. The molecule has 0 spiro atoms. The molecule has 1 heterocycles. The number of amides is 2. The van der Waals surface area contributed by atoms with Crippen LogP contribution in [0.25, 0.3) is 0 Å². The first kappa shape index (κ1) is 10.4. The highest BCUT2D eigenvalue weighted by Crippen LogP contribution is 2.23. The van der Waals surface area contributed by atoms with E-state index in [2.05, 4.69) is 9.24 Å². The summed E-state index contributed by atoms with van der Waals surface area (Å²) in [6.07, 6.45) is -0.267. The molecule has 1 rings (SSSR count). The van der Waals surface area contributed by atoms with Crippen molar-refractivity contribution in [3.05, 3.63) is 0 Å². The summed E-state index contributed by atoms with van der Waals surface area (Å²) < 4.78 is 0. The summed E-state index contributed by atoms with van der Waals surface area (Å²) >= 11 is 0. The molecule has 0 aromatic carbocycles. The highest BCUT2D eigenvalue weighted by molar-refractivity contribution is 7.19. The van der Waals surface area contributed by atoms with Crippen LogP contribution in [0, 0.1) is 0 Å². The number of carbonyl (C=O) groups excluding carboxylic acids is 2. The van der Waals surface area contributed by atoms with Crippen molar-refractivity contribution in [2.24, 2.45) is 5.73 Å². The van der Waals surface area contributed by atoms with Gasteiger partial charge >= 0.3 is 0 Å². The quantitative estimate of drug-likeness (QED) is 0.558. The van der Waals surface area contributed by atoms with Crippen molar-refractivity contribution >= 4 is 21.1 Å². The van der Waals surface area contributed by atoms with Gasteiger partial charge in [-0.2, -0.15) is 0 Å². The van der Waals surface area contributed by atoms with E-state index in [-0.39, 0.29) is 24.5 Å². The van der Waals surface area contributed by atoms with Crippen LogP contribution in [0.3, 0.4) is 0 Å². The highest BCUT2D eigenvalue weighted by Gasteiger charge is 2.35. The summed E-state index contributed by atoms with van der Waals surface area (Å²) in [5, 5.41) is 9.38. The van der Waals surface area contributed by atoms with Crippen molar-refractivity contribution in [2.45, 2.75) is 24.7 Å². The number of hydrogen-bond acceptors (Lipinski definition) is 3. The van der Waals surface area contributed by atoms with Gasteiger partial charge in [-0.15, -0.1) is 9.24 Å². The normalized spacial score (nSPS) is 28.2. The second-order valence-corrected chi connectivity index (χ2v) is 3.88. The summed E-state index contributed by atoms with van der Waals surface area (Å²) in [5.41, 5.74) is 4.70. The Morgan fingerprint density at radius 2 is 2.38 bits per heavy atom. The first-order chi connectivity index (χ1) is 6.02. The molecule has 0 radical (unpaired) electrons. The molecule has 0 aromatic heterocycles. The highest BCUT2D eigenvalue weighted by atomic mass is 31.0. The molecule has 1 aliphatic heterocycles. The average Bonchev–Trinajstić information content (AvgIpc) is 2.24. The molecule has 3 atom stereocenters. The minimum atomic E-state index is -0.769. The number of aliphatic hydroxyl groups excluding tert-OH is 1. The van der Waals surface area contributed by atoms with E-state index in [9.17, 15) is 14.7 Å². The maximum atomic E-state index is 11.3. The van der Waals surface area contributed by atoms with Crippen molar-refractivity contribution < 1.29 is 14.7 Å². The van der Waals surface area contributed by atoms with Crippen molar-refractivity contribution in [1.82, 2.24) is 4.90 Å². The monoisotopic (exact) mass is 204 g/mol. The van der Waals surface area contributed by atoms with Crippen LogP contribution in [0.2, 0.25) is 0 Å². The standard InChI is InChI=1S/C7H13N2O3P/c8-5(10)1-2-9-6(11)3-4(13)7(9)12/h4,6,11H,1-3,13H2,(H2,8,10). The Morgan fingerprint density at radius 1 is 1.77 bits per heavy atom. The number of nitrogens with two attached hydrogens (primary N) is 1. The van der Waals surface area contributed by atoms with Gasteiger partial charge in [-0.05, 0) is 0 Å². The van der Waals surface area contributed by atoms with Crippen LogP contribution < -0.4 is 5.73 Å². The summed E-state index contributed by atoms with van der Waals surface area (Å²) in [7, 11) is 2.37. The van der Waals surface area contributed by atoms with Crippen LogP contribution in [0.5, 0.6) is 0 Å². The molecule has 13 heavy (non-hydrogen) atoms. The minimum Gasteiger partial charge on any atom is -0.373 e. The van der Waals surface area contributed by atoms with E-state index in [4.69, 9.17) is 5.73 Å². The molecule has 0 bridgehead atoms. The predicted octanol–water partition coefficient (Wildman–Crippen LogP) is -1.34. The van der Waals surface area contributed by atoms with Gasteiger partial charge in [0.05, 0.1) is 5.66 Å². The van der Waals surface area contributed by atoms with Crippen molar-refractivity contribution in [1.29, 1.82) is 0 Å². The Labute approximate surface area is 78.5 Å². The number of carbonyl (C=O) groups is 2. The Morgan fingerprint density at radius 3 is 2.77 bits per heavy atom. The molecule has 1 aliphatic rings. The van der Waals surface area contributed by atoms with Crippen LogP contribution >= 0.6 is 9.24 Å². The van der Waals surface area contributed by atoms with Gasteiger partial charge < -0.3 is 15.7 Å². The molecule has 74 valence electrons. The van der Waals surface area contributed by atoms with E-state index in [0.717, 1.165) is 0 Å². The number of hydrogen-bond donors (Lipinski definition) is 2. The van der Waals surface area contributed by atoms with Gasteiger partial charge in [0, 0.05) is 19.4 Å². The van der Waals surface area contributed by atoms with Crippen molar-refractivity contribution in [2.75, 3.05) is 6.54 Å². The fourth-order valence-corrected chi connectivity index (χ4v) is 1.74. The fourth-order valence-electron chi connectivity index (χ4n) is 1.30. The summed E-state index contributed by atoms with van der Waals surface area (Å²) in [5.74, 6) is -0.606. The van der Waals surface area contributed by atoms with Crippen LogP contribution in [0.1, 0.15) is 12.8 Å². The SMILES string of the molecule is NC(=O)CCN1C(=O)C(P)CC1O. The second kappa shape index (κ2) is 4.03. The molecule has 3 N–H and O–H groups in total. The average molecular weight is 204 g/mol. The molecule has 0 aliphatic carbocycles. The minimum absolute atomic E-state index is 0.0974. The smallest absolute Gasteiger partial charge is 0.231 e. The summed E-state index contributed by atoms with van der Waals surface area (Å²) in [4.78, 5) is 23.0. The maximum Gasteiger partial charge on any atom is 0.231 e. The second-order valence-electron chi connectivity index (χ2n) is 3.07. The third-order valence-electron chi connectivity index (χ3n) is 2.02. The van der Waals surface area contributed by atoms with Gasteiger partial charge in [0.15, 0.2) is 0 Å². The number of primary amides is 1. The molecule has 5 nitrogen and oxygen atoms in total. The molecule has 1 saturated heterocycles. The topological polar surface area (TPSA) is 83.6 Å². The van der Waals surface area contributed by atoms with E-state index in [0.29, 0.717) is 6.42 Å². The van der Waals surface area contributed by atoms with E-state index in [1.54, 1.807) is 0 Å². The largest absolute Gasteiger partial charge is 0.373 e. The Hall–Kier alpha value is -0.670. The summed E-state index contributed by atoms with van der Waals surface area (Å²) in [6, 6.07) is 0. The third-order valence-corrected chi connectivity index (χ3v) is 2.58. The van der Waals surface area contributed by atoms with Crippen LogP contribution in [-0.4, -0.2) is 40.3 Å². The third kappa shape index (κ3) is 2.39. The first-order valence-corrected chi connectivity index (χ1v) is 4.71. The van der Waals surface area contributed by atoms with E-state index >= 15 is 0 Å². The Balaban J connectivity index is 2.49. The Kier molecular flexibility index (Phi) is 3.22. The van der Waals surface area contributed by atoms with E-state index in [1.807, 2.05) is 0 Å². The van der Waals surface area contributed by atoms with Crippen molar-refractivity contribution in [3.63, 3.8) is 0 Å². The molecule has 0 aromatic rings. The lowest BCUT2D eigenvalue weighted by molar-refractivity contribution is -0.133. The molecule has 0 saturated carbocycles. The molecule has 6 heteroatoms. The van der Waals surface area contributed by atoms with Crippen LogP contribution in [0.4, 0.5) is 0 Å². The molecule has 2 amide bonds. The number of aliphatic hydroxyl groups is 1. The first-order valence-electron chi connectivity index (χ1n) is 4.05. The van der Waals surface area contributed by atoms with Gasteiger partial charge in [-0.3, -0.25) is 9.59 Å². The van der Waals surface area contributed by atoms with Crippen LogP contribution in [0.15, 0.2) is 0 Å². The van der Waals surface area contributed by atoms with E-state index < -0.39 is 12.1 Å². The summed E-state index contributed by atoms with van der Waals surface area (Å²) in [6.45, 7) is 0.209. The van der Waals surface area contributed by atoms with Crippen molar-refractivity contribution in [3.8, 4) is 0 Å². The molecular formula is C7H13N2O3P. The lowest BCUT2D eigenvalue weighted by atomic mass is 10.3. The zero-order valence-corrected chi connectivity index (χ0v) is 8.30. The fraction of sp³-hybridized carbons (Fsp3) is 0.714. The lowest BCUT2D eigenvalue weighted by Gasteiger charge is -2.19. The van der Waals surface area contributed by atoms with E-state index in [1.165, 1.54) is 4.90 Å². The predicted molar refractivity (Wildman–Crippen MR) is 49.6 cm³/mol. The Bertz CT molecular complexity index is 234.